The number of nitrogen functional groups attached to an aromatic ring is 1. The van der Waals surface area contributed by atoms with E-state index in [4.69, 9.17) is 10.5 Å². The normalized spacial score (nSPS) is 10.3. The number of hydrogen-bond donors (Lipinski definition) is 2. The number of ether oxygens (including phenoxy) is 1. The van der Waals surface area contributed by atoms with Gasteiger partial charge in [0.05, 0.1) is 7.11 Å². The molecular formula is C11H15N5O. The summed E-state index contributed by atoms with van der Waals surface area (Å²) in [6, 6.07) is 5.45. The minimum Gasteiger partial charge on any atom is -0.497 e. The Labute approximate surface area is 99.4 Å². The molecule has 2 rings (SSSR count). The summed E-state index contributed by atoms with van der Waals surface area (Å²) in [6.45, 7) is 0. The summed E-state index contributed by atoms with van der Waals surface area (Å²) in [5.74, 6) is 2.12. The second-order valence-corrected chi connectivity index (χ2v) is 3.61. The molecule has 1 aromatic carbocycles. The van der Waals surface area contributed by atoms with Crippen LogP contribution in [0.3, 0.4) is 0 Å². The Morgan fingerprint density at radius 3 is 2.71 bits per heavy atom. The molecule has 6 nitrogen and oxygen atoms in total. The highest BCUT2D eigenvalue weighted by atomic mass is 16.5. The Balaban J connectivity index is 2.55. The third kappa shape index (κ3) is 1.89. The lowest BCUT2D eigenvalue weighted by Gasteiger charge is -2.08. The van der Waals surface area contributed by atoms with E-state index in [9.17, 15) is 0 Å². The molecule has 0 bridgehead atoms. The smallest absolute Gasteiger partial charge is 0.224 e. The van der Waals surface area contributed by atoms with Crippen LogP contribution in [0.2, 0.25) is 0 Å². The predicted molar refractivity (Wildman–Crippen MR) is 67.0 cm³/mol. The van der Waals surface area contributed by atoms with Crippen molar-refractivity contribution in [3.63, 3.8) is 0 Å². The first-order valence-electron chi connectivity index (χ1n) is 5.18. The average molecular weight is 233 g/mol. The van der Waals surface area contributed by atoms with Gasteiger partial charge in [0.1, 0.15) is 5.75 Å². The molecular weight excluding hydrogens is 218 g/mol. The van der Waals surface area contributed by atoms with Crippen molar-refractivity contribution in [1.29, 1.82) is 0 Å². The molecule has 0 saturated carbocycles. The van der Waals surface area contributed by atoms with Gasteiger partial charge in [-0.1, -0.05) is 0 Å². The van der Waals surface area contributed by atoms with E-state index in [-0.39, 0.29) is 0 Å². The van der Waals surface area contributed by atoms with Crippen molar-refractivity contribution in [2.75, 3.05) is 25.2 Å². The van der Waals surface area contributed by atoms with E-state index in [0.717, 1.165) is 11.3 Å². The van der Waals surface area contributed by atoms with Gasteiger partial charge < -0.3 is 15.8 Å². The number of hydrogen-bond acceptors (Lipinski definition) is 5. The van der Waals surface area contributed by atoms with Crippen LogP contribution in [0.25, 0.3) is 11.4 Å². The van der Waals surface area contributed by atoms with Crippen LogP contribution >= 0.6 is 0 Å². The van der Waals surface area contributed by atoms with Crippen molar-refractivity contribution < 1.29 is 4.74 Å². The van der Waals surface area contributed by atoms with Gasteiger partial charge in [-0.25, -0.2) is 0 Å². The van der Waals surface area contributed by atoms with Gasteiger partial charge in [0, 0.05) is 25.3 Å². The summed E-state index contributed by atoms with van der Waals surface area (Å²) >= 11 is 0. The molecule has 0 spiro atoms. The van der Waals surface area contributed by atoms with Gasteiger partial charge in [0.2, 0.25) is 5.95 Å². The van der Waals surface area contributed by atoms with Crippen LogP contribution in [-0.4, -0.2) is 28.9 Å². The van der Waals surface area contributed by atoms with Crippen molar-refractivity contribution in [3.05, 3.63) is 18.2 Å². The van der Waals surface area contributed by atoms with Crippen LogP contribution in [0.4, 0.5) is 11.6 Å². The van der Waals surface area contributed by atoms with Crippen molar-refractivity contribution >= 4 is 11.6 Å². The van der Waals surface area contributed by atoms with Gasteiger partial charge in [0.15, 0.2) is 5.82 Å². The van der Waals surface area contributed by atoms with E-state index in [1.807, 2.05) is 23.7 Å². The second kappa shape index (κ2) is 4.32. The zero-order valence-corrected chi connectivity index (χ0v) is 10.1. The Kier molecular flexibility index (Phi) is 2.86. The van der Waals surface area contributed by atoms with E-state index in [1.54, 1.807) is 20.2 Å². The minimum atomic E-state index is 0.643. The van der Waals surface area contributed by atoms with Gasteiger partial charge in [-0.2, -0.15) is 0 Å². The van der Waals surface area contributed by atoms with Crippen LogP contribution in [0, 0.1) is 0 Å². The summed E-state index contributed by atoms with van der Waals surface area (Å²) in [5.41, 5.74) is 7.39. The summed E-state index contributed by atoms with van der Waals surface area (Å²) in [5, 5.41) is 11.1. The number of aromatic nitrogens is 3. The molecule has 0 amide bonds. The second-order valence-electron chi connectivity index (χ2n) is 3.61. The zero-order valence-electron chi connectivity index (χ0n) is 10.1. The number of nitrogens with two attached hydrogens (primary N) is 1. The van der Waals surface area contributed by atoms with Gasteiger partial charge in [0.25, 0.3) is 0 Å². The number of rotatable bonds is 3. The van der Waals surface area contributed by atoms with E-state index < -0.39 is 0 Å². The molecule has 3 N–H and O–H groups in total. The fourth-order valence-electron chi connectivity index (χ4n) is 1.64. The first-order valence-corrected chi connectivity index (χ1v) is 5.18. The van der Waals surface area contributed by atoms with Crippen LogP contribution in [0.1, 0.15) is 0 Å². The molecule has 0 saturated heterocycles. The number of methoxy groups -OCH3 is 1. The van der Waals surface area contributed by atoms with Gasteiger partial charge >= 0.3 is 0 Å². The largest absolute Gasteiger partial charge is 0.497 e. The van der Waals surface area contributed by atoms with E-state index >= 15 is 0 Å². The Hall–Kier alpha value is -2.24. The van der Waals surface area contributed by atoms with E-state index in [2.05, 4.69) is 15.5 Å². The lowest BCUT2D eigenvalue weighted by molar-refractivity contribution is 0.415. The van der Waals surface area contributed by atoms with Gasteiger partial charge in [-0.15, -0.1) is 10.2 Å². The molecule has 0 unspecified atom stereocenters. The third-order valence-corrected chi connectivity index (χ3v) is 2.60. The molecule has 0 fully saturated rings. The van der Waals surface area contributed by atoms with Crippen molar-refractivity contribution in [2.45, 2.75) is 0 Å². The first kappa shape index (κ1) is 11.3. The first-order chi connectivity index (χ1) is 8.17. The molecule has 1 aromatic heterocycles. The van der Waals surface area contributed by atoms with Gasteiger partial charge in [-0.05, 0) is 18.2 Å². The van der Waals surface area contributed by atoms with Crippen LogP contribution in [0.5, 0.6) is 5.75 Å². The fourth-order valence-corrected chi connectivity index (χ4v) is 1.64. The third-order valence-electron chi connectivity index (χ3n) is 2.60. The number of benzene rings is 1. The van der Waals surface area contributed by atoms with Crippen LogP contribution < -0.4 is 15.8 Å². The van der Waals surface area contributed by atoms with E-state index in [1.165, 1.54) is 0 Å². The quantitative estimate of drug-likeness (QED) is 0.776. The Morgan fingerprint density at radius 2 is 2.12 bits per heavy atom. The molecule has 17 heavy (non-hydrogen) atoms. The highest BCUT2D eigenvalue weighted by molar-refractivity contribution is 5.74. The highest BCUT2D eigenvalue weighted by Crippen LogP contribution is 2.29. The van der Waals surface area contributed by atoms with E-state index in [0.29, 0.717) is 17.5 Å². The topological polar surface area (TPSA) is 78.0 Å². The summed E-state index contributed by atoms with van der Waals surface area (Å²) < 4.78 is 7.01. The van der Waals surface area contributed by atoms with Crippen LogP contribution in [-0.2, 0) is 7.05 Å². The molecule has 90 valence electrons. The Morgan fingerprint density at radius 1 is 1.35 bits per heavy atom. The fraction of sp³-hybridized carbons (Fsp3) is 0.273. The molecule has 2 aromatic rings. The summed E-state index contributed by atoms with van der Waals surface area (Å²) in [6.07, 6.45) is 0. The van der Waals surface area contributed by atoms with Gasteiger partial charge in [-0.3, -0.25) is 4.57 Å². The van der Waals surface area contributed by atoms with Crippen molar-refractivity contribution in [2.24, 2.45) is 7.05 Å². The zero-order chi connectivity index (χ0) is 12.4. The molecule has 0 aliphatic carbocycles. The van der Waals surface area contributed by atoms with Crippen LogP contribution in [0.15, 0.2) is 18.2 Å². The number of nitrogens with zero attached hydrogens (tertiary/aromatic N) is 3. The maximum Gasteiger partial charge on any atom is 0.224 e. The Bertz CT molecular complexity index is 535. The molecule has 0 aliphatic rings. The van der Waals surface area contributed by atoms with Crippen molar-refractivity contribution in [3.8, 4) is 17.1 Å². The molecule has 0 aliphatic heterocycles. The molecule has 0 atom stereocenters. The monoisotopic (exact) mass is 233 g/mol. The standard InChI is InChI=1S/C11H15N5O/c1-13-11-15-14-10(16(11)2)8-6-7(17-3)4-5-9(8)12/h4-6H,12H2,1-3H3,(H,13,15). The SMILES string of the molecule is CNc1nnc(-c2cc(OC)ccc2N)n1C. The summed E-state index contributed by atoms with van der Waals surface area (Å²) in [7, 11) is 5.29. The molecule has 6 heteroatoms. The average Bonchev–Trinajstić information content (AvgIpc) is 2.71. The summed E-state index contributed by atoms with van der Waals surface area (Å²) in [4.78, 5) is 0. The number of anilines is 2. The highest BCUT2D eigenvalue weighted by Gasteiger charge is 2.13. The van der Waals surface area contributed by atoms with Crippen molar-refractivity contribution in [1.82, 2.24) is 14.8 Å². The lowest BCUT2D eigenvalue weighted by Crippen LogP contribution is -2.01. The minimum absolute atomic E-state index is 0.643. The lowest BCUT2D eigenvalue weighted by atomic mass is 10.1. The maximum absolute atomic E-state index is 5.94. The number of nitrogens with one attached hydrogen (secondary N) is 1. The molecule has 1 heterocycles. The molecule has 0 radical (unpaired) electrons. The maximum atomic E-state index is 5.94. The predicted octanol–water partition coefficient (Wildman–Crippen LogP) is 1.11.